The number of rotatable bonds is 4. The first-order valence-electron chi connectivity index (χ1n) is 5.67. The van der Waals surface area contributed by atoms with Crippen molar-refractivity contribution >= 4 is 16.0 Å². The molecule has 0 aromatic carbocycles. The van der Waals surface area contributed by atoms with E-state index in [2.05, 4.69) is 4.72 Å². The van der Waals surface area contributed by atoms with Crippen LogP contribution < -0.4 is 4.72 Å². The van der Waals surface area contributed by atoms with Gasteiger partial charge in [-0.25, -0.2) is 13.1 Å². The maximum Gasteiger partial charge on any atom is 0.323 e. The summed E-state index contributed by atoms with van der Waals surface area (Å²) in [5.74, 6) is -1.30. The Morgan fingerprint density at radius 3 is 2.19 bits per heavy atom. The number of sulfonamides is 1. The van der Waals surface area contributed by atoms with Crippen LogP contribution >= 0.6 is 0 Å². The Balaban J connectivity index is 2.60. The summed E-state index contributed by atoms with van der Waals surface area (Å²) in [5.41, 5.74) is 0. The molecule has 1 unspecified atom stereocenters. The number of carboxylic acids is 1. The predicted octanol–water partition coefficient (Wildman–Crippen LogP) is 1.10. The minimum absolute atomic E-state index is 0.0886. The molecule has 16 heavy (non-hydrogen) atoms. The normalized spacial score (nSPS) is 21.3. The second-order valence-electron chi connectivity index (χ2n) is 4.33. The molecule has 1 saturated carbocycles. The molecule has 5 nitrogen and oxygen atoms in total. The first-order chi connectivity index (χ1) is 7.43. The third kappa shape index (κ3) is 3.75. The van der Waals surface area contributed by atoms with E-state index in [-0.39, 0.29) is 6.04 Å². The van der Waals surface area contributed by atoms with Crippen molar-refractivity contribution in [3.8, 4) is 0 Å². The largest absolute Gasteiger partial charge is 0.480 e. The summed E-state index contributed by atoms with van der Waals surface area (Å²) in [5, 5.41) is 7.30. The van der Waals surface area contributed by atoms with Crippen LogP contribution in [-0.4, -0.2) is 30.8 Å². The average Bonchev–Trinajstić information content (AvgIpc) is 2.44. The molecule has 1 atom stereocenters. The van der Waals surface area contributed by atoms with Gasteiger partial charge in [-0.15, -0.1) is 0 Å². The first-order valence-corrected chi connectivity index (χ1v) is 7.22. The molecule has 1 rings (SSSR count). The second kappa shape index (κ2) is 5.63. The summed E-state index contributed by atoms with van der Waals surface area (Å²) >= 11 is 0. The zero-order chi connectivity index (χ0) is 12.2. The fourth-order valence-electron chi connectivity index (χ4n) is 1.86. The van der Waals surface area contributed by atoms with Crippen molar-refractivity contribution in [2.24, 2.45) is 0 Å². The van der Waals surface area contributed by atoms with Crippen LogP contribution in [0.4, 0.5) is 0 Å². The van der Waals surface area contributed by atoms with E-state index in [4.69, 9.17) is 5.11 Å². The Hall–Kier alpha value is -0.620. The van der Waals surface area contributed by atoms with E-state index >= 15 is 0 Å². The lowest BCUT2D eigenvalue weighted by atomic mass is 10.1. The zero-order valence-electron chi connectivity index (χ0n) is 9.48. The number of nitrogens with one attached hydrogen (secondary N) is 1. The maximum absolute atomic E-state index is 11.7. The standard InChI is InChI=1S/C10H19NO4S/c1-8(10(12)13)16(14,15)11-9-6-4-2-3-5-7-9/h8-9,11H,2-7H2,1H3,(H,12,13). The lowest BCUT2D eigenvalue weighted by Gasteiger charge is -2.18. The summed E-state index contributed by atoms with van der Waals surface area (Å²) < 4.78 is 25.8. The van der Waals surface area contributed by atoms with E-state index in [1.54, 1.807) is 0 Å². The van der Waals surface area contributed by atoms with Gasteiger partial charge in [0.25, 0.3) is 0 Å². The van der Waals surface area contributed by atoms with E-state index in [1.807, 2.05) is 0 Å². The van der Waals surface area contributed by atoms with Gasteiger partial charge in [-0.2, -0.15) is 0 Å². The molecular formula is C10H19NO4S. The highest BCUT2D eigenvalue weighted by atomic mass is 32.2. The van der Waals surface area contributed by atoms with Crippen LogP contribution in [0.2, 0.25) is 0 Å². The van der Waals surface area contributed by atoms with E-state index in [0.717, 1.165) is 38.5 Å². The van der Waals surface area contributed by atoms with E-state index < -0.39 is 21.2 Å². The van der Waals surface area contributed by atoms with Crippen LogP contribution in [0.25, 0.3) is 0 Å². The molecule has 0 aromatic heterocycles. The summed E-state index contributed by atoms with van der Waals surface area (Å²) in [4.78, 5) is 10.6. The van der Waals surface area contributed by atoms with Crippen molar-refractivity contribution in [3.63, 3.8) is 0 Å². The molecule has 0 aliphatic heterocycles. The third-order valence-corrected chi connectivity index (χ3v) is 4.79. The van der Waals surface area contributed by atoms with Crippen LogP contribution in [0.15, 0.2) is 0 Å². The Morgan fingerprint density at radius 2 is 1.75 bits per heavy atom. The fourth-order valence-corrected chi connectivity index (χ4v) is 3.03. The molecule has 0 heterocycles. The molecule has 94 valence electrons. The van der Waals surface area contributed by atoms with Gasteiger partial charge in [0.15, 0.2) is 5.25 Å². The number of hydrogen-bond acceptors (Lipinski definition) is 3. The highest BCUT2D eigenvalue weighted by Gasteiger charge is 2.29. The van der Waals surface area contributed by atoms with Gasteiger partial charge in [0.2, 0.25) is 10.0 Å². The van der Waals surface area contributed by atoms with Gasteiger partial charge in [0.05, 0.1) is 0 Å². The van der Waals surface area contributed by atoms with Gasteiger partial charge in [-0.3, -0.25) is 4.79 Å². The molecule has 0 bridgehead atoms. The third-order valence-electron chi connectivity index (χ3n) is 3.00. The maximum atomic E-state index is 11.7. The van der Waals surface area contributed by atoms with Crippen LogP contribution in [0.1, 0.15) is 45.4 Å². The van der Waals surface area contributed by atoms with Crippen LogP contribution in [0.5, 0.6) is 0 Å². The Labute approximate surface area is 96.3 Å². The molecule has 1 aliphatic rings. The lowest BCUT2D eigenvalue weighted by Crippen LogP contribution is -2.42. The molecule has 0 saturated heterocycles. The molecule has 0 amide bonds. The van der Waals surface area contributed by atoms with Crippen molar-refractivity contribution < 1.29 is 18.3 Å². The van der Waals surface area contributed by atoms with Crippen molar-refractivity contribution in [3.05, 3.63) is 0 Å². The second-order valence-corrected chi connectivity index (χ2v) is 6.36. The first kappa shape index (κ1) is 13.4. The summed E-state index contributed by atoms with van der Waals surface area (Å²) in [6.07, 6.45) is 5.90. The molecule has 2 N–H and O–H groups in total. The zero-order valence-corrected chi connectivity index (χ0v) is 10.3. The summed E-state index contributed by atoms with van der Waals surface area (Å²) in [7, 11) is -3.72. The van der Waals surface area contributed by atoms with E-state index in [0.29, 0.717) is 0 Å². The predicted molar refractivity (Wildman–Crippen MR) is 60.6 cm³/mol. The lowest BCUT2D eigenvalue weighted by molar-refractivity contribution is -0.136. The molecular weight excluding hydrogens is 230 g/mol. The van der Waals surface area contributed by atoms with Crippen molar-refractivity contribution in [2.45, 2.75) is 56.7 Å². The number of carboxylic acid groups (broad SMARTS) is 1. The summed E-state index contributed by atoms with van der Waals surface area (Å²) in [6.45, 7) is 1.20. The monoisotopic (exact) mass is 249 g/mol. The number of hydrogen-bond donors (Lipinski definition) is 2. The molecule has 1 fully saturated rings. The van der Waals surface area contributed by atoms with Crippen LogP contribution in [0, 0.1) is 0 Å². The minimum Gasteiger partial charge on any atom is -0.480 e. The molecule has 0 spiro atoms. The summed E-state index contributed by atoms with van der Waals surface area (Å²) in [6, 6.07) is -0.0886. The molecule has 0 radical (unpaired) electrons. The Morgan fingerprint density at radius 1 is 1.25 bits per heavy atom. The SMILES string of the molecule is CC(C(=O)O)S(=O)(=O)NC1CCCCCC1. The van der Waals surface area contributed by atoms with Gasteiger partial charge >= 0.3 is 5.97 Å². The van der Waals surface area contributed by atoms with Crippen LogP contribution in [0.3, 0.4) is 0 Å². The van der Waals surface area contributed by atoms with Crippen molar-refractivity contribution in [1.82, 2.24) is 4.72 Å². The number of carbonyl (C=O) groups is 1. The van der Waals surface area contributed by atoms with E-state index in [9.17, 15) is 13.2 Å². The van der Waals surface area contributed by atoms with Gasteiger partial charge in [0.1, 0.15) is 0 Å². The molecule has 6 heteroatoms. The van der Waals surface area contributed by atoms with Gasteiger partial charge in [-0.05, 0) is 19.8 Å². The number of aliphatic carboxylic acids is 1. The fraction of sp³-hybridized carbons (Fsp3) is 0.900. The highest BCUT2D eigenvalue weighted by Crippen LogP contribution is 2.18. The van der Waals surface area contributed by atoms with Crippen molar-refractivity contribution in [2.75, 3.05) is 0 Å². The van der Waals surface area contributed by atoms with Crippen molar-refractivity contribution in [1.29, 1.82) is 0 Å². The molecule has 1 aliphatic carbocycles. The topological polar surface area (TPSA) is 83.5 Å². The van der Waals surface area contributed by atoms with Crippen LogP contribution in [-0.2, 0) is 14.8 Å². The van der Waals surface area contributed by atoms with Gasteiger partial charge < -0.3 is 5.11 Å². The average molecular weight is 249 g/mol. The van der Waals surface area contributed by atoms with E-state index in [1.165, 1.54) is 6.92 Å². The Bertz CT molecular complexity index is 331. The van der Waals surface area contributed by atoms with Gasteiger partial charge in [0, 0.05) is 6.04 Å². The minimum atomic E-state index is -3.72. The highest BCUT2D eigenvalue weighted by molar-refractivity contribution is 7.90. The Kier molecular flexibility index (Phi) is 4.73. The smallest absolute Gasteiger partial charge is 0.323 e. The quantitative estimate of drug-likeness (QED) is 0.731. The molecule has 0 aromatic rings. The van der Waals surface area contributed by atoms with Gasteiger partial charge in [-0.1, -0.05) is 25.7 Å².